The summed E-state index contributed by atoms with van der Waals surface area (Å²) in [6.45, 7) is 3.06. The first-order valence-corrected chi connectivity index (χ1v) is 11.1. The van der Waals surface area contributed by atoms with E-state index in [0.29, 0.717) is 24.4 Å². The molecule has 9 nitrogen and oxygen atoms in total. The van der Waals surface area contributed by atoms with Crippen LogP contribution < -0.4 is 15.4 Å². The highest BCUT2D eigenvalue weighted by Crippen LogP contribution is 2.12. The molecule has 9 heteroatoms. The Kier molecular flexibility index (Phi) is 7.89. The molecule has 3 aromatic rings. The Labute approximate surface area is 207 Å². The lowest BCUT2D eigenvalue weighted by atomic mass is 10.1. The highest BCUT2D eigenvalue weighted by molar-refractivity contribution is 5.97. The number of aromatic nitrogens is 2. The molecule has 0 saturated heterocycles. The van der Waals surface area contributed by atoms with Gasteiger partial charge in [-0.2, -0.15) is 0 Å². The number of amides is 3. The van der Waals surface area contributed by atoms with E-state index in [-0.39, 0.29) is 29.4 Å². The molecule has 3 rings (SSSR count). The van der Waals surface area contributed by atoms with Crippen molar-refractivity contribution in [3.05, 3.63) is 89.0 Å². The van der Waals surface area contributed by atoms with Crippen molar-refractivity contribution in [3.8, 4) is 5.75 Å². The number of benzene rings is 2. The zero-order chi connectivity index (χ0) is 27.0. The molecule has 0 bridgehead atoms. The number of rotatable bonds is 10. The smallest absolute Gasteiger partial charge is 0.270 e. The van der Waals surface area contributed by atoms with Gasteiger partial charge in [0.15, 0.2) is 0 Å². The molecule has 3 amide bonds. The third-order valence-corrected chi connectivity index (χ3v) is 5.23. The van der Waals surface area contributed by atoms with Crippen molar-refractivity contribution in [2.75, 3.05) is 20.2 Å². The number of carbonyl (C=O) groups is 3. The second-order valence-electron chi connectivity index (χ2n) is 7.46. The molecule has 0 saturated carbocycles. The molecular formula is C26H29N5O4. The van der Waals surface area contributed by atoms with E-state index in [0.717, 1.165) is 11.9 Å². The Hall–Kier alpha value is -4.27. The van der Waals surface area contributed by atoms with Gasteiger partial charge in [-0.05, 0) is 49.2 Å². The Morgan fingerprint density at radius 1 is 0.914 bits per heavy atom. The average Bonchev–Trinajstić information content (AvgIpc) is 2.92. The molecule has 0 radical (unpaired) electrons. The number of ether oxygens (including phenoxy) is 1. The summed E-state index contributed by atoms with van der Waals surface area (Å²) in [5, 5.41) is 5.00. The van der Waals surface area contributed by atoms with Crippen LogP contribution in [0.4, 0.5) is 0 Å². The van der Waals surface area contributed by atoms with Crippen LogP contribution in [0.15, 0.2) is 60.9 Å². The van der Waals surface area contributed by atoms with Crippen LogP contribution in [-0.2, 0) is 13.0 Å². The number of nitrogens with zero attached hydrogens (tertiary/aromatic N) is 3. The average molecular weight is 478 g/mol. The lowest BCUT2D eigenvalue weighted by molar-refractivity contribution is 0.0772. The van der Waals surface area contributed by atoms with Gasteiger partial charge in [0.25, 0.3) is 17.7 Å². The largest absolute Gasteiger partial charge is 0.497 e. The molecule has 0 aliphatic rings. The van der Waals surface area contributed by atoms with Crippen LogP contribution in [0.1, 0.15) is 59.1 Å². The summed E-state index contributed by atoms with van der Waals surface area (Å²) < 4.78 is 21.6. The van der Waals surface area contributed by atoms with Crippen molar-refractivity contribution < 1.29 is 21.9 Å². The van der Waals surface area contributed by atoms with Crippen LogP contribution in [0.25, 0.3) is 0 Å². The highest BCUT2D eigenvalue weighted by atomic mass is 16.5. The molecule has 1 heterocycles. The Balaban J connectivity index is 1.63. The van der Waals surface area contributed by atoms with Crippen LogP contribution in [0.2, 0.25) is 0 Å². The molecule has 0 aliphatic heterocycles. The molecular weight excluding hydrogens is 446 g/mol. The van der Waals surface area contributed by atoms with E-state index in [1.54, 1.807) is 41.3 Å². The molecule has 35 heavy (non-hydrogen) atoms. The summed E-state index contributed by atoms with van der Waals surface area (Å²) in [7, 11) is 1.46. The van der Waals surface area contributed by atoms with Gasteiger partial charge < -0.3 is 20.3 Å². The van der Waals surface area contributed by atoms with Gasteiger partial charge in [0, 0.05) is 37.8 Å². The summed E-state index contributed by atoms with van der Waals surface area (Å²) in [6.07, 6.45) is 1.07. The van der Waals surface area contributed by atoms with Crippen LogP contribution >= 0.6 is 0 Å². The maximum Gasteiger partial charge on any atom is 0.270 e. The van der Waals surface area contributed by atoms with Crippen LogP contribution in [0, 0.1) is 0 Å². The summed E-state index contributed by atoms with van der Waals surface area (Å²) in [6, 6.07) is 14.4. The second kappa shape index (κ2) is 12.3. The van der Waals surface area contributed by atoms with Gasteiger partial charge in [-0.25, -0.2) is 9.97 Å². The zero-order valence-electron chi connectivity index (χ0n) is 21.9. The lowest BCUT2D eigenvalue weighted by Gasteiger charge is -2.18. The van der Waals surface area contributed by atoms with Crippen molar-refractivity contribution in [1.29, 1.82) is 0 Å². The highest BCUT2D eigenvalue weighted by Gasteiger charge is 2.14. The molecule has 0 atom stereocenters. The van der Waals surface area contributed by atoms with Crippen molar-refractivity contribution in [1.82, 2.24) is 25.5 Å². The van der Waals surface area contributed by atoms with Crippen molar-refractivity contribution in [3.63, 3.8) is 0 Å². The predicted octanol–water partition coefficient (Wildman–Crippen LogP) is 2.83. The molecule has 0 fully saturated rings. The topological polar surface area (TPSA) is 114 Å². The number of carbonyl (C=O) groups excluding carboxylic acids is 3. The number of methoxy groups -OCH3 is 1. The predicted molar refractivity (Wildman–Crippen MR) is 131 cm³/mol. The van der Waals surface area contributed by atoms with Crippen molar-refractivity contribution in [2.24, 2.45) is 0 Å². The minimum absolute atomic E-state index is 0.0459. The monoisotopic (exact) mass is 477 g/mol. The summed E-state index contributed by atoms with van der Waals surface area (Å²) in [5.41, 5.74) is 1.33. The first-order chi connectivity index (χ1) is 17.7. The van der Waals surface area contributed by atoms with E-state index in [4.69, 9.17) is 7.48 Å². The SMILES string of the molecule is [2H]C([2H])(NC(=O)c1cc(C(=O)NCc2ccc(C(=O)N(CC)CC)cc2)ncn1)c1cccc(OC)c1. The molecule has 0 unspecified atom stereocenters. The first-order valence-electron chi connectivity index (χ1n) is 12.1. The van der Waals surface area contributed by atoms with Crippen molar-refractivity contribution in [2.45, 2.75) is 26.9 Å². The summed E-state index contributed by atoms with van der Waals surface area (Å²) in [5.74, 6) is -0.946. The van der Waals surface area contributed by atoms with E-state index in [2.05, 4.69) is 20.6 Å². The van der Waals surface area contributed by atoms with Gasteiger partial charge in [-0.3, -0.25) is 14.4 Å². The molecule has 1 aromatic heterocycles. The third kappa shape index (κ3) is 6.86. The summed E-state index contributed by atoms with van der Waals surface area (Å²) >= 11 is 0. The maximum absolute atomic E-state index is 12.7. The Bertz CT molecular complexity index is 1260. The third-order valence-electron chi connectivity index (χ3n) is 5.23. The van der Waals surface area contributed by atoms with Gasteiger partial charge in [0.05, 0.1) is 9.85 Å². The maximum atomic E-state index is 12.7. The van der Waals surface area contributed by atoms with Crippen LogP contribution in [0.3, 0.4) is 0 Å². The normalized spacial score (nSPS) is 11.6. The van der Waals surface area contributed by atoms with E-state index in [9.17, 15) is 14.4 Å². The van der Waals surface area contributed by atoms with E-state index in [1.165, 1.54) is 25.3 Å². The van der Waals surface area contributed by atoms with E-state index >= 15 is 0 Å². The lowest BCUT2D eigenvalue weighted by Crippen LogP contribution is -2.30. The molecule has 2 N–H and O–H groups in total. The Morgan fingerprint density at radius 3 is 2.20 bits per heavy atom. The standard InChI is InChI=1S/C26H29N5O4/c1-4-31(5-2)26(34)20-11-9-18(10-12-20)15-27-24(32)22-14-23(30-17-29-22)25(33)28-16-19-7-6-8-21(13-19)35-3/h6-14,17H,4-5,15-16H2,1-3H3,(H,27,32)(H,28,33)/i16D2. The van der Waals surface area contributed by atoms with E-state index < -0.39 is 18.3 Å². The van der Waals surface area contributed by atoms with E-state index in [1.807, 2.05) is 13.8 Å². The number of hydrogen-bond donors (Lipinski definition) is 2. The van der Waals surface area contributed by atoms with Crippen LogP contribution in [0.5, 0.6) is 5.75 Å². The molecule has 0 aliphatic carbocycles. The molecule has 182 valence electrons. The summed E-state index contributed by atoms with van der Waals surface area (Å²) in [4.78, 5) is 47.3. The minimum Gasteiger partial charge on any atom is -0.497 e. The minimum atomic E-state index is -2.21. The van der Waals surface area contributed by atoms with Gasteiger partial charge in [0.2, 0.25) is 0 Å². The fourth-order valence-electron chi connectivity index (χ4n) is 3.23. The number of nitrogens with one attached hydrogen (secondary N) is 2. The fourth-order valence-corrected chi connectivity index (χ4v) is 3.23. The van der Waals surface area contributed by atoms with Crippen LogP contribution in [-0.4, -0.2) is 52.8 Å². The van der Waals surface area contributed by atoms with Gasteiger partial charge in [0.1, 0.15) is 23.5 Å². The van der Waals surface area contributed by atoms with Gasteiger partial charge >= 0.3 is 0 Å². The Morgan fingerprint density at radius 2 is 1.57 bits per heavy atom. The fraction of sp³-hybridized carbons (Fsp3) is 0.269. The zero-order valence-corrected chi connectivity index (χ0v) is 19.9. The second-order valence-corrected chi connectivity index (χ2v) is 7.46. The van der Waals surface area contributed by atoms with Crippen molar-refractivity contribution >= 4 is 17.7 Å². The van der Waals surface area contributed by atoms with Gasteiger partial charge in [-0.1, -0.05) is 24.3 Å². The first kappa shape index (κ1) is 22.5. The molecule has 0 spiro atoms. The number of hydrogen-bond acceptors (Lipinski definition) is 6. The quantitative estimate of drug-likeness (QED) is 0.464. The van der Waals surface area contributed by atoms with Gasteiger partial charge in [-0.15, -0.1) is 0 Å². The molecule has 2 aromatic carbocycles.